The van der Waals surface area contributed by atoms with Gasteiger partial charge in [-0.2, -0.15) is 0 Å². The Morgan fingerprint density at radius 1 is 1.35 bits per heavy atom. The molecule has 1 rings (SSSR count). The van der Waals surface area contributed by atoms with Crippen molar-refractivity contribution in [2.24, 2.45) is 5.14 Å². The highest BCUT2D eigenvalue weighted by atomic mass is 32.2. The van der Waals surface area contributed by atoms with Crippen LogP contribution < -0.4 is 9.88 Å². The van der Waals surface area contributed by atoms with E-state index in [1.165, 1.54) is 6.07 Å². The van der Waals surface area contributed by atoms with Gasteiger partial charge >= 0.3 is 0 Å². The third-order valence-corrected chi connectivity index (χ3v) is 3.69. The Hall–Kier alpha value is -1.33. The molecule has 0 spiro atoms. The minimum absolute atomic E-state index is 0.131. The van der Waals surface area contributed by atoms with Crippen LogP contribution in [0.15, 0.2) is 29.7 Å². The molecular weight excluding hydrogens is 238 g/mol. The van der Waals surface area contributed by atoms with Crippen LogP contribution in [0.25, 0.3) is 0 Å². The van der Waals surface area contributed by atoms with Crippen LogP contribution in [-0.2, 0) is 10.0 Å². The van der Waals surface area contributed by atoms with Crippen LogP contribution >= 0.6 is 0 Å². The van der Waals surface area contributed by atoms with Crippen molar-refractivity contribution in [2.45, 2.75) is 31.8 Å². The molecule has 0 aliphatic rings. The third-order valence-electron chi connectivity index (χ3n) is 2.64. The molecule has 0 fully saturated rings. The van der Waals surface area contributed by atoms with Crippen LogP contribution in [0.3, 0.4) is 0 Å². The number of nitrogens with two attached hydrogens (primary N) is 1. The summed E-state index contributed by atoms with van der Waals surface area (Å²) in [6.45, 7) is 8.99. The van der Waals surface area contributed by atoms with Gasteiger partial charge in [-0.15, -0.1) is 0 Å². The van der Waals surface area contributed by atoms with Gasteiger partial charge in [0.2, 0.25) is 10.0 Å². The van der Waals surface area contributed by atoms with Crippen molar-refractivity contribution in [1.29, 1.82) is 0 Å². The first kappa shape index (κ1) is 13.7. The summed E-state index contributed by atoms with van der Waals surface area (Å²) in [5.41, 5.74) is 1.38. The lowest BCUT2D eigenvalue weighted by Crippen LogP contribution is -2.15. The summed E-state index contributed by atoms with van der Waals surface area (Å²) in [6, 6.07) is 3.07. The molecule has 0 saturated heterocycles. The van der Waals surface area contributed by atoms with Crippen molar-refractivity contribution in [1.82, 2.24) is 0 Å². The van der Waals surface area contributed by atoms with Gasteiger partial charge in [-0.25, -0.2) is 13.6 Å². The molecule has 0 bridgehead atoms. The monoisotopic (exact) mass is 255 g/mol. The van der Waals surface area contributed by atoms with Gasteiger partial charge in [-0.1, -0.05) is 12.7 Å². The highest BCUT2D eigenvalue weighted by molar-refractivity contribution is 7.89. The van der Waals surface area contributed by atoms with Crippen molar-refractivity contribution in [3.8, 4) is 5.75 Å². The fourth-order valence-corrected chi connectivity index (χ4v) is 2.29. The lowest BCUT2D eigenvalue weighted by molar-refractivity contribution is 0.268. The smallest absolute Gasteiger partial charge is 0.238 e. The molecule has 5 heteroatoms. The summed E-state index contributed by atoms with van der Waals surface area (Å²) >= 11 is 0. The highest BCUT2D eigenvalue weighted by Crippen LogP contribution is 2.27. The maximum Gasteiger partial charge on any atom is 0.238 e. The van der Waals surface area contributed by atoms with E-state index in [1.807, 2.05) is 6.92 Å². The van der Waals surface area contributed by atoms with Crippen LogP contribution in [0.1, 0.15) is 18.1 Å². The molecule has 1 aromatic carbocycles. The highest BCUT2D eigenvalue weighted by Gasteiger charge is 2.15. The predicted molar refractivity (Wildman–Crippen MR) is 67.6 cm³/mol. The fraction of sp³-hybridized carbons (Fsp3) is 0.333. The molecule has 2 N–H and O–H groups in total. The number of sulfonamides is 1. The van der Waals surface area contributed by atoms with Gasteiger partial charge in [-0.05, 0) is 44.0 Å². The first-order valence-electron chi connectivity index (χ1n) is 5.19. The molecule has 1 unspecified atom stereocenters. The minimum atomic E-state index is -3.68. The standard InChI is InChI=1S/C12H17NO3S/c1-5-8(2)16-11-6-7-12(17(13,14)15)10(4)9(11)3/h5-8H,1H2,2-4H3,(H2,13,14,15). The van der Waals surface area contributed by atoms with Crippen LogP contribution in [0.5, 0.6) is 5.75 Å². The van der Waals surface area contributed by atoms with Crippen LogP contribution in [0, 0.1) is 13.8 Å². The summed E-state index contributed by atoms with van der Waals surface area (Å²) in [7, 11) is -3.68. The summed E-state index contributed by atoms with van der Waals surface area (Å²) in [6.07, 6.45) is 1.54. The Bertz CT molecular complexity index is 535. The van der Waals surface area contributed by atoms with E-state index < -0.39 is 10.0 Å². The quantitative estimate of drug-likeness (QED) is 0.835. The normalized spacial score (nSPS) is 13.2. The van der Waals surface area contributed by atoms with E-state index in [0.29, 0.717) is 11.3 Å². The molecule has 0 heterocycles. The zero-order valence-electron chi connectivity index (χ0n) is 10.2. The number of hydrogen-bond acceptors (Lipinski definition) is 3. The second-order valence-corrected chi connectivity index (χ2v) is 5.45. The number of rotatable bonds is 4. The van der Waals surface area contributed by atoms with Crippen molar-refractivity contribution in [3.05, 3.63) is 35.9 Å². The summed E-state index contributed by atoms with van der Waals surface area (Å²) in [5.74, 6) is 0.641. The molecule has 94 valence electrons. The van der Waals surface area contributed by atoms with Gasteiger partial charge in [-0.3, -0.25) is 0 Å². The Balaban J connectivity index is 3.25. The van der Waals surface area contributed by atoms with E-state index >= 15 is 0 Å². The average Bonchev–Trinajstić information content (AvgIpc) is 2.22. The van der Waals surface area contributed by atoms with Gasteiger partial charge in [0.1, 0.15) is 11.9 Å². The molecule has 0 aromatic heterocycles. The van der Waals surface area contributed by atoms with Crippen molar-refractivity contribution >= 4 is 10.0 Å². The average molecular weight is 255 g/mol. The number of benzene rings is 1. The van der Waals surface area contributed by atoms with Crippen molar-refractivity contribution in [2.75, 3.05) is 0 Å². The summed E-state index contributed by atoms with van der Waals surface area (Å²) in [5, 5.41) is 5.12. The van der Waals surface area contributed by atoms with Gasteiger partial charge in [0, 0.05) is 0 Å². The second-order valence-electron chi connectivity index (χ2n) is 3.92. The molecule has 17 heavy (non-hydrogen) atoms. The van der Waals surface area contributed by atoms with Gasteiger partial charge in [0.05, 0.1) is 4.90 Å². The van der Waals surface area contributed by atoms with E-state index in [2.05, 4.69) is 6.58 Å². The Labute approximate surface area is 102 Å². The predicted octanol–water partition coefficient (Wildman–Crippen LogP) is 1.90. The largest absolute Gasteiger partial charge is 0.486 e. The van der Waals surface area contributed by atoms with Crippen LogP contribution in [-0.4, -0.2) is 14.5 Å². The van der Waals surface area contributed by atoms with E-state index in [9.17, 15) is 8.42 Å². The minimum Gasteiger partial charge on any atom is -0.486 e. The SMILES string of the molecule is C=CC(C)Oc1ccc(S(N)(=O)=O)c(C)c1C. The Kier molecular flexibility index (Phi) is 3.95. The maximum absolute atomic E-state index is 11.3. The second kappa shape index (κ2) is 4.89. The molecule has 0 aliphatic heterocycles. The van der Waals surface area contributed by atoms with Gasteiger partial charge in [0.15, 0.2) is 0 Å². The fourth-order valence-electron chi connectivity index (χ4n) is 1.46. The lowest BCUT2D eigenvalue weighted by Gasteiger charge is -2.16. The number of hydrogen-bond donors (Lipinski definition) is 1. The zero-order valence-corrected chi connectivity index (χ0v) is 11.0. The molecule has 0 amide bonds. The Morgan fingerprint density at radius 3 is 2.41 bits per heavy atom. The van der Waals surface area contributed by atoms with E-state index in [4.69, 9.17) is 9.88 Å². The third kappa shape index (κ3) is 3.08. The van der Waals surface area contributed by atoms with E-state index in [0.717, 1.165) is 5.56 Å². The zero-order chi connectivity index (χ0) is 13.2. The van der Waals surface area contributed by atoms with Gasteiger partial charge in [0.25, 0.3) is 0 Å². The van der Waals surface area contributed by atoms with Gasteiger partial charge < -0.3 is 4.74 Å². The lowest BCUT2D eigenvalue weighted by atomic mass is 10.1. The topological polar surface area (TPSA) is 69.4 Å². The van der Waals surface area contributed by atoms with E-state index in [1.54, 1.807) is 26.0 Å². The molecular formula is C12H17NO3S. The molecule has 0 radical (unpaired) electrons. The van der Waals surface area contributed by atoms with Crippen LogP contribution in [0.2, 0.25) is 0 Å². The molecule has 0 aliphatic carbocycles. The first-order valence-corrected chi connectivity index (χ1v) is 6.74. The first-order chi connectivity index (χ1) is 7.77. The molecule has 4 nitrogen and oxygen atoms in total. The molecule has 1 atom stereocenters. The summed E-state index contributed by atoms with van der Waals surface area (Å²) < 4.78 is 28.2. The van der Waals surface area contributed by atoms with Crippen LogP contribution in [0.4, 0.5) is 0 Å². The maximum atomic E-state index is 11.3. The van der Waals surface area contributed by atoms with Crippen molar-refractivity contribution in [3.63, 3.8) is 0 Å². The van der Waals surface area contributed by atoms with E-state index in [-0.39, 0.29) is 11.0 Å². The number of primary sulfonamides is 1. The number of ether oxygens (including phenoxy) is 1. The Morgan fingerprint density at radius 2 is 1.94 bits per heavy atom. The van der Waals surface area contributed by atoms with Crippen molar-refractivity contribution < 1.29 is 13.2 Å². The summed E-state index contributed by atoms with van der Waals surface area (Å²) in [4.78, 5) is 0.133. The molecule has 0 saturated carbocycles. The molecule has 1 aromatic rings.